The number of aryl methyl sites for hydroxylation is 1. The fourth-order valence-electron chi connectivity index (χ4n) is 1.64. The van der Waals surface area contributed by atoms with Crippen LogP contribution in [0.25, 0.3) is 11.5 Å². The largest absolute Gasteiger partial charge is 0.419 e. The monoisotopic (exact) mass is 262 g/mol. The molecule has 0 saturated heterocycles. The molecule has 0 amide bonds. The summed E-state index contributed by atoms with van der Waals surface area (Å²) in [6, 6.07) is 4.67. The second-order valence-corrected chi connectivity index (χ2v) is 4.21. The van der Waals surface area contributed by atoms with E-state index in [4.69, 9.17) is 4.42 Å². The van der Waals surface area contributed by atoms with Crippen LogP contribution < -0.4 is 5.32 Å². The quantitative estimate of drug-likeness (QED) is 0.670. The predicted octanol–water partition coefficient (Wildman–Crippen LogP) is 2.23. The van der Waals surface area contributed by atoms with E-state index in [1.54, 1.807) is 26.1 Å². The number of rotatable bonds is 4. The Kier molecular flexibility index (Phi) is 3.57. The molecule has 1 aromatic heterocycles. The molecule has 1 N–H and O–H groups in total. The maximum absolute atomic E-state index is 10.7. The van der Waals surface area contributed by atoms with Gasteiger partial charge in [-0.05, 0) is 33.0 Å². The number of nitrogens with one attached hydrogen (secondary N) is 1. The molecule has 0 bridgehead atoms. The number of nitrogens with zero attached hydrogens (tertiary/aromatic N) is 3. The summed E-state index contributed by atoms with van der Waals surface area (Å²) in [7, 11) is 1.80. The molecule has 1 aromatic carbocycles. The van der Waals surface area contributed by atoms with Crippen LogP contribution in [0, 0.1) is 17.0 Å². The lowest BCUT2D eigenvalue weighted by atomic mass is 10.1. The minimum atomic E-state index is -0.415. The molecule has 2 aromatic rings. The second-order valence-electron chi connectivity index (χ2n) is 4.21. The summed E-state index contributed by atoms with van der Waals surface area (Å²) >= 11 is 0. The van der Waals surface area contributed by atoms with Gasteiger partial charge in [-0.2, -0.15) is 0 Å². The Hall–Kier alpha value is -2.28. The van der Waals surface area contributed by atoms with E-state index < -0.39 is 4.92 Å². The summed E-state index contributed by atoms with van der Waals surface area (Å²) in [5.74, 6) is 0.837. The van der Waals surface area contributed by atoms with Gasteiger partial charge in [0, 0.05) is 17.2 Å². The van der Waals surface area contributed by atoms with Crippen molar-refractivity contribution in [2.45, 2.75) is 19.9 Å². The summed E-state index contributed by atoms with van der Waals surface area (Å²) in [4.78, 5) is 10.3. The van der Waals surface area contributed by atoms with Crippen molar-refractivity contribution in [3.8, 4) is 11.5 Å². The Labute approximate surface area is 109 Å². The Bertz CT molecular complexity index is 609. The zero-order valence-corrected chi connectivity index (χ0v) is 10.9. The first-order valence-corrected chi connectivity index (χ1v) is 5.79. The molecule has 19 heavy (non-hydrogen) atoms. The van der Waals surface area contributed by atoms with Crippen molar-refractivity contribution >= 4 is 5.69 Å². The molecule has 7 nitrogen and oxygen atoms in total. The number of hydrogen-bond donors (Lipinski definition) is 1. The summed E-state index contributed by atoms with van der Waals surface area (Å²) in [5, 5.41) is 21.6. The van der Waals surface area contributed by atoms with Crippen LogP contribution in [-0.4, -0.2) is 22.2 Å². The predicted molar refractivity (Wildman–Crippen MR) is 68.6 cm³/mol. The number of hydrogen-bond acceptors (Lipinski definition) is 6. The highest BCUT2D eigenvalue weighted by atomic mass is 16.6. The minimum absolute atomic E-state index is 0.0413. The lowest BCUT2D eigenvalue weighted by Crippen LogP contribution is -2.12. The first-order valence-electron chi connectivity index (χ1n) is 5.79. The fraction of sp³-hybridized carbons (Fsp3) is 0.333. The molecule has 0 fully saturated rings. The molecule has 0 aliphatic carbocycles. The van der Waals surface area contributed by atoms with Crippen molar-refractivity contribution in [2.75, 3.05) is 7.05 Å². The first kappa shape index (κ1) is 13.2. The summed E-state index contributed by atoms with van der Waals surface area (Å²) in [6.07, 6.45) is 0. The van der Waals surface area contributed by atoms with Gasteiger partial charge in [0.2, 0.25) is 11.8 Å². The van der Waals surface area contributed by atoms with Crippen molar-refractivity contribution in [1.29, 1.82) is 0 Å². The van der Waals surface area contributed by atoms with E-state index in [-0.39, 0.29) is 11.7 Å². The van der Waals surface area contributed by atoms with E-state index >= 15 is 0 Å². The molecule has 0 aliphatic heterocycles. The molecule has 7 heteroatoms. The Balaban J connectivity index is 2.35. The first-order chi connectivity index (χ1) is 9.02. The average molecular weight is 262 g/mol. The van der Waals surface area contributed by atoms with Gasteiger partial charge in [0.15, 0.2) is 0 Å². The highest BCUT2D eigenvalue weighted by Crippen LogP contribution is 2.26. The molecule has 1 heterocycles. The standard InChI is InChI=1S/C12H14N4O3/c1-7-6-9(4-5-10(7)16(17)18)12-15-14-11(19-12)8(2)13-3/h4-6,8,13H,1-3H3. The van der Waals surface area contributed by atoms with Gasteiger partial charge >= 0.3 is 0 Å². The third-order valence-electron chi connectivity index (χ3n) is 2.88. The molecule has 100 valence electrons. The van der Waals surface area contributed by atoms with E-state index in [2.05, 4.69) is 15.5 Å². The van der Waals surface area contributed by atoms with Crippen molar-refractivity contribution in [2.24, 2.45) is 0 Å². The maximum atomic E-state index is 10.7. The minimum Gasteiger partial charge on any atom is -0.419 e. The van der Waals surface area contributed by atoms with E-state index in [9.17, 15) is 10.1 Å². The van der Waals surface area contributed by atoms with Crippen LogP contribution in [0.15, 0.2) is 22.6 Å². The topological polar surface area (TPSA) is 94.1 Å². The van der Waals surface area contributed by atoms with Crippen molar-refractivity contribution in [3.63, 3.8) is 0 Å². The smallest absolute Gasteiger partial charge is 0.272 e. The maximum Gasteiger partial charge on any atom is 0.272 e. The van der Waals surface area contributed by atoms with Crippen molar-refractivity contribution in [1.82, 2.24) is 15.5 Å². The molecule has 1 atom stereocenters. The van der Waals surface area contributed by atoms with Gasteiger partial charge in [0.05, 0.1) is 11.0 Å². The molecule has 0 radical (unpaired) electrons. The van der Waals surface area contributed by atoms with Crippen LogP contribution in [0.5, 0.6) is 0 Å². The highest BCUT2D eigenvalue weighted by Gasteiger charge is 2.16. The fourth-order valence-corrected chi connectivity index (χ4v) is 1.64. The Morgan fingerprint density at radius 1 is 1.42 bits per heavy atom. The number of nitro groups is 1. The van der Waals surface area contributed by atoms with Crippen LogP contribution in [0.4, 0.5) is 5.69 Å². The third-order valence-corrected chi connectivity index (χ3v) is 2.88. The Morgan fingerprint density at radius 3 is 2.74 bits per heavy atom. The molecule has 1 unspecified atom stereocenters. The van der Waals surface area contributed by atoms with Crippen LogP contribution >= 0.6 is 0 Å². The molecule has 2 rings (SSSR count). The van der Waals surface area contributed by atoms with Gasteiger partial charge in [-0.15, -0.1) is 10.2 Å². The van der Waals surface area contributed by atoms with Crippen LogP contribution in [0.3, 0.4) is 0 Å². The average Bonchev–Trinajstić information content (AvgIpc) is 2.86. The summed E-state index contributed by atoms with van der Waals surface area (Å²) in [6.45, 7) is 3.58. The van der Waals surface area contributed by atoms with Gasteiger partial charge in [-0.3, -0.25) is 10.1 Å². The summed E-state index contributed by atoms with van der Waals surface area (Å²) < 4.78 is 5.52. The zero-order chi connectivity index (χ0) is 14.0. The zero-order valence-electron chi connectivity index (χ0n) is 10.9. The van der Waals surface area contributed by atoms with E-state index in [0.717, 1.165) is 0 Å². The van der Waals surface area contributed by atoms with Crippen molar-refractivity contribution in [3.05, 3.63) is 39.8 Å². The number of nitro benzene ring substituents is 1. The molecule has 0 aliphatic rings. The van der Waals surface area contributed by atoms with Crippen LogP contribution in [0.2, 0.25) is 0 Å². The molecular weight excluding hydrogens is 248 g/mol. The summed E-state index contributed by atoms with van der Waals surface area (Å²) in [5.41, 5.74) is 1.31. The number of benzene rings is 1. The number of aromatic nitrogens is 2. The van der Waals surface area contributed by atoms with Crippen LogP contribution in [0.1, 0.15) is 24.4 Å². The van der Waals surface area contributed by atoms with Gasteiger partial charge < -0.3 is 9.73 Å². The lowest BCUT2D eigenvalue weighted by Gasteiger charge is -2.02. The molecular formula is C12H14N4O3. The SMILES string of the molecule is CNC(C)c1nnc(-c2ccc([N+](=O)[O-])c(C)c2)o1. The van der Waals surface area contributed by atoms with Gasteiger partial charge in [-0.1, -0.05) is 0 Å². The molecule has 0 saturated carbocycles. The van der Waals surface area contributed by atoms with E-state index in [0.29, 0.717) is 22.9 Å². The third kappa shape index (κ3) is 2.60. The van der Waals surface area contributed by atoms with E-state index in [1.807, 2.05) is 6.92 Å². The molecule has 0 spiro atoms. The van der Waals surface area contributed by atoms with Crippen molar-refractivity contribution < 1.29 is 9.34 Å². The Morgan fingerprint density at radius 2 is 2.16 bits per heavy atom. The highest BCUT2D eigenvalue weighted by molar-refractivity contribution is 5.58. The van der Waals surface area contributed by atoms with E-state index in [1.165, 1.54) is 6.07 Å². The second kappa shape index (κ2) is 5.15. The van der Waals surface area contributed by atoms with Gasteiger partial charge in [-0.25, -0.2) is 0 Å². The lowest BCUT2D eigenvalue weighted by molar-refractivity contribution is -0.385. The van der Waals surface area contributed by atoms with Crippen LogP contribution in [-0.2, 0) is 0 Å². The van der Waals surface area contributed by atoms with Gasteiger partial charge in [0.25, 0.3) is 5.69 Å². The normalized spacial score (nSPS) is 12.4. The van der Waals surface area contributed by atoms with Gasteiger partial charge in [0.1, 0.15) is 0 Å².